The van der Waals surface area contributed by atoms with E-state index in [0.717, 1.165) is 25.5 Å². The molecule has 1 aromatic rings. The van der Waals surface area contributed by atoms with Crippen LogP contribution in [0.4, 0.5) is 0 Å². The fourth-order valence-corrected chi connectivity index (χ4v) is 2.44. The summed E-state index contributed by atoms with van der Waals surface area (Å²) in [7, 11) is 2.22. The number of hydrogen-bond acceptors (Lipinski definition) is 4. The Bertz CT molecular complexity index is 335. The minimum absolute atomic E-state index is 0.682. The lowest BCUT2D eigenvalue weighted by molar-refractivity contribution is 0.181. The molecule has 5 nitrogen and oxygen atoms in total. The maximum atomic E-state index is 4.26. The van der Waals surface area contributed by atoms with E-state index in [1.807, 2.05) is 4.68 Å². The van der Waals surface area contributed by atoms with Gasteiger partial charge in [0.05, 0.1) is 6.54 Å². The van der Waals surface area contributed by atoms with E-state index in [-0.39, 0.29) is 0 Å². The zero-order valence-electron chi connectivity index (χ0n) is 10.9. The van der Waals surface area contributed by atoms with E-state index in [1.54, 1.807) is 6.33 Å². The van der Waals surface area contributed by atoms with Crippen molar-refractivity contribution in [3.63, 3.8) is 0 Å². The summed E-state index contributed by atoms with van der Waals surface area (Å²) >= 11 is 0. The third-order valence-corrected chi connectivity index (χ3v) is 3.58. The number of likely N-dealkylation sites (N-methyl/N-ethyl adjacent to an activating group) is 1. The van der Waals surface area contributed by atoms with Gasteiger partial charge in [0.25, 0.3) is 0 Å². The second kappa shape index (κ2) is 6.12. The molecule has 1 unspecified atom stereocenters. The Hall–Kier alpha value is -0.940. The molecule has 2 heterocycles. The van der Waals surface area contributed by atoms with Crippen molar-refractivity contribution < 1.29 is 0 Å². The topological polar surface area (TPSA) is 46.0 Å². The summed E-state index contributed by atoms with van der Waals surface area (Å²) in [5.74, 6) is 1.03. The SMILES string of the molecule is CCn1ncnc1CNCC1CCCCN1C. The Balaban J connectivity index is 1.75. The molecule has 0 bridgehead atoms. The fraction of sp³-hybridized carbons (Fsp3) is 0.833. The lowest BCUT2D eigenvalue weighted by Crippen LogP contribution is -2.43. The van der Waals surface area contributed by atoms with Crippen LogP contribution < -0.4 is 5.32 Å². The van der Waals surface area contributed by atoms with Crippen molar-refractivity contribution in [2.75, 3.05) is 20.1 Å². The standard InChI is InChI=1S/C12H23N5/c1-3-17-12(14-10-15-17)9-13-8-11-6-4-5-7-16(11)2/h10-11,13H,3-9H2,1-2H3. The molecule has 0 aliphatic carbocycles. The maximum Gasteiger partial charge on any atom is 0.140 e. The monoisotopic (exact) mass is 237 g/mol. The van der Waals surface area contributed by atoms with Crippen molar-refractivity contribution in [3.8, 4) is 0 Å². The highest BCUT2D eigenvalue weighted by Crippen LogP contribution is 2.13. The van der Waals surface area contributed by atoms with Gasteiger partial charge >= 0.3 is 0 Å². The van der Waals surface area contributed by atoms with Gasteiger partial charge in [-0.05, 0) is 33.4 Å². The van der Waals surface area contributed by atoms with Crippen molar-refractivity contribution in [1.29, 1.82) is 0 Å². The van der Waals surface area contributed by atoms with Gasteiger partial charge in [-0.2, -0.15) is 5.10 Å². The molecule has 17 heavy (non-hydrogen) atoms. The first-order valence-corrected chi connectivity index (χ1v) is 6.59. The molecule has 1 aromatic heterocycles. The first-order chi connectivity index (χ1) is 8.31. The van der Waals surface area contributed by atoms with Gasteiger partial charge in [0.15, 0.2) is 0 Å². The summed E-state index contributed by atoms with van der Waals surface area (Å²) in [5.41, 5.74) is 0. The fourth-order valence-electron chi connectivity index (χ4n) is 2.44. The number of aryl methyl sites for hydroxylation is 1. The van der Waals surface area contributed by atoms with Crippen LogP contribution in [0.15, 0.2) is 6.33 Å². The van der Waals surface area contributed by atoms with E-state index in [1.165, 1.54) is 25.8 Å². The number of piperidine rings is 1. The predicted octanol–water partition coefficient (Wildman–Crippen LogP) is 0.872. The molecule has 1 atom stereocenters. The average Bonchev–Trinajstić information content (AvgIpc) is 2.79. The van der Waals surface area contributed by atoms with Gasteiger partial charge in [-0.3, -0.25) is 0 Å². The van der Waals surface area contributed by atoms with Crippen LogP contribution in [0.5, 0.6) is 0 Å². The molecular weight excluding hydrogens is 214 g/mol. The molecule has 2 rings (SSSR count). The Morgan fingerprint density at radius 3 is 3.12 bits per heavy atom. The molecule has 1 saturated heterocycles. The highest BCUT2D eigenvalue weighted by Gasteiger charge is 2.18. The van der Waals surface area contributed by atoms with E-state index in [4.69, 9.17) is 0 Å². The number of hydrogen-bond donors (Lipinski definition) is 1. The highest BCUT2D eigenvalue weighted by atomic mass is 15.3. The third kappa shape index (κ3) is 3.26. The molecule has 1 N–H and O–H groups in total. The molecule has 96 valence electrons. The summed E-state index contributed by atoms with van der Waals surface area (Å²) in [4.78, 5) is 6.72. The van der Waals surface area contributed by atoms with Crippen molar-refractivity contribution in [2.45, 2.75) is 45.3 Å². The number of nitrogens with one attached hydrogen (secondary N) is 1. The first-order valence-electron chi connectivity index (χ1n) is 6.59. The average molecular weight is 237 g/mol. The van der Waals surface area contributed by atoms with Gasteiger partial charge in [-0.15, -0.1) is 0 Å². The van der Waals surface area contributed by atoms with Crippen LogP contribution >= 0.6 is 0 Å². The zero-order valence-corrected chi connectivity index (χ0v) is 10.9. The van der Waals surface area contributed by atoms with E-state index in [0.29, 0.717) is 6.04 Å². The Morgan fingerprint density at radius 1 is 1.47 bits per heavy atom. The van der Waals surface area contributed by atoms with Crippen molar-refractivity contribution in [1.82, 2.24) is 25.0 Å². The summed E-state index contributed by atoms with van der Waals surface area (Å²) in [6.45, 7) is 6.08. The minimum atomic E-state index is 0.682. The summed E-state index contributed by atoms with van der Waals surface area (Å²) in [6, 6.07) is 0.682. The minimum Gasteiger partial charge on any atom is -0.308 e. The van der Waals surface area contributed by atoms with Crippen molar-refractivity contribution in [2.24, 2.45) is 0 Å². The van der Waals surface area contributed by atoms with Gasteiger partial charge in [-0.25, -0.2) is 9.67 Å². The molecule has 1 fully saturated rings. The van der Waals surface area contributed by atoms with Gasteiger partial charge in [0.2, 0.25) is 0 Å². The Labute approximate surface area is 103 Å². The molecular formula is C12H23N5. The predicted molar refractivity (Wildman–Crippen MR) is 67.7 cm³/mol. The van der Waals surface area contributed by atoms with Crippen molar-refractivity contribution in [3.05, 3.63) is 12.2 Å². The number of rotatable bonds is 5. The smallest absolute Gasteiger partial charge is 0.140 e. The number of nitrogens with zero attached hydrogens (tertiary/aromatic N) is 4. The molecule has 1 aliphatic heterocycles. The molecule has 0 radical (unpaired) electrons. The van der Waals surface area contributed by atoms with Gasteiger partial charge < -0.3 is 10.2 Å². The van der Waals surface area contributed by atoms with Crippen LogP contribution in [-0.2, 0) is 13.1 Å². The second-order valence-corrected chi connectivity index (χ2v) is 4.75. The van der Waals surface area contributed by atoms with Gasteiger partial charge in [0.1, 0.15) is 12.2 Å². The zero-order chi connectivity index (χ0) is 12.1. The van der Waals surface area contributed by atoms with Crippen molar-refractivity contribution >= 4 is 0 Å². The normalized spacial score (nSPS) is 21.9. The van der Waals surface area contributed by atoms with E-state index in [2.05, 4.69) is 34.3 Å². The van der Waals surface area contributed by atoms with E-state index >= 15 is 0 Å². The first kappa shape index (κ1) is 12.5. The molecule has 0 saturated carbocycles. The maximum absolute atomic E-state index is 4.26. The van der Waals surface area contributed by atoms with Crippen LogP contribution in [0.1, 0.15) is 32.0 Å². The molecule has 5 heteroatoms. The van der Waals surface area contributed by atoms with E-state index < -0.39 is 0 Å². The Morgan fingerprint density at radius 2 is 2.35 bits per heavy atom. The van der Waals surface area contributed by atoms with Crippen LogP contribution in [-0.4, -0.2) is 45.8 Å². The number of likely N-dealkylation sites (tertiary alicyclic amines) is 1. The van der Waals surface area contributed by atoms with Crippen LogP contribution in [0, 0.1) is 0 Å². The lowest BCUT2D eigenvalue weighted by atomic mass is 10.0. The van der Waals surface area contributed by atoms with Crippen LogP contribution in [0.3, 0.4) is 0 Å². The third-order valence-electron chi connectivity index (χ3n) is 3.58. The van der Waals surface area contributed by atoms with Gasteiger partial charge in [0, 0.05) is 19.1 Å². The second-order valence-electron chi connectivity index (χ2n) is 4.75. The van der Waals surface area contributed by atoms with E-state index in [9.17, 15) is 0 Å². The number of aromatic nitrogens is 3. The summed E-state index contributed by atoms with van der Waals surface area (Å²) in [6.07, 6.45) is 5.65. The quantitative estimate of drug-likeness (QED) is 0.825. The highest BCUT2D eigenvalue weighted by molar-refractivity contribution is 4.84. The molecule has 1 aliphatic rings. The van der Waals surface area contributed by atoms with Crippen LogP contribution in [0.25, 0.3) is 0 Å². The molecule has 0 spiro atoms. The summed E-state index contributed by atoms with van der Waals surface area (Å²) in [5, 5.41) is 7.67. The van der Waals surface area contributed by atoms with Gasteiger partial charge in [-0.1, -0.05) is 6.42 Å². The lowest BCUT2D eigenvalue weighted by Gasteiger charge is -2.32. The molecule has 0 aromatic carbocycles. The summed E-state index contributed by atoms with van der Waals surface area (Å²) < 4.78 is 1.94. The van der Waals surface area contributed by atoms with Crippen LogP contribution in [0.2, 0.25) is 0 Å². The molecule has 0 amide bonds. The Kier molecular flexibility index (Phi) is 4.50. The largest absolute Gasteiger partial charge is 0.308 e.